The van der Waals surface area contributed by atoms with Gasteiger partial charge in [0.2, 0.25) is 11.8 Å². The van der Waals surface area contributed by atoms with E-state index < -0.39 is 0 Å². The van der Waals surface area contributed by atoms with Crippen LogP contribution >= 0.6 is 31.9 Å². The largest absolute Gasteiger partial charge is 0.425 e. The lowest BCUT2D eigenvalue weighted by atomic mass is 9.81. The van der Waals surface area contributed by atoms with Crippen molar-refractivity contribution in [1.82, 2.24) is 10.2 Å². The average molecular weight is 562 g/mol. The third-order valence-corrected chi connectivity index (χ3v) is 9.40. The first-order chi connectivity index (χ1) is 15.3. The number of alkyl halides is 2. The fourth-order valence-electron chi connectivity index (χ4n) is 5.61. The molecule has 3 unspecified atom stereocenters. The van der Waals surface area contributed by atoms with Crippen molar-refractivity contribution in [3.05, 3.63) is 11.8 Å². The molecule has 0 aliphatic heterocycles. The lowest BCUT2D eigenvalue weighted by Crippen LogP contribution is -2.34. The molecule has 0 aromatic carbocycles. The Hall–Kier alpha value is 0.0200. The highest BCUT2D eigenvalue weighted by molar-refractivity contribution is 9.09. The van der Waals surface area contributed by atoms with Crippen molar-refractivity contribution in [2.75, 3.05) is 23.9 Å². The van der Waals surface area contributed by atoms with Crippen LogP contribution in [0.5, 0.6) is 0 Å². The fraction of sp³-hybridized carbons (Fsp3) is 0.917. The monoisotopic (exact) mass is 560 g/mol. The van der Waals surface area contributed by atoms with Gasteiger partial charge in [0, 0.05) is 22.5 Å². The highest BCUT2D eigenvalue weighted by Gasteiger charge is 2.31. The van der Waals surface area contributed by atoms with E-state index in [1.165, 1.54) is 51.4 Å². The molecule has 0 saturated heterocycles. The van der Waals surface area contributed by atoms with Crippen LogP contribution in [-0.2, 0) is 9.47 Å². The zero-order valence-electron chi connectivity index (χ0n) is 18.7. The van der Waals surface area contributed by atoms with E-state index in [2.05, 4.69) is 42.1 Å². The van der Waals surface area contributed by atoms with Gasteiger partial charge in [0.05, 0.1) is 25.4 Å². The van der Waals surface area contributed by atoms with Crippen LogP contribution in [0.4, 0.5) is 0 Å². The zero-order valence-corrected chi connectivity index (χ0v) is 21.8. The van der Waals surface area contributed by atoms with Crippen molar-refractivity contribution in [2.24, 2.45) is 11.8 Å². The zero-order chi connectivity index (χ0) is 21.5. The summed E-state index contributed by atoms with van der Waals surface area (Å²) < 4.78 is 18.5. The van der Waals surface area contributed by atoms with Crippen LogP contribution in [0.2, 0.25) is 0 Å². The Balaban J connectivity index is 1.14. The first kappa shape index (κ1) is 24.2. The van der Waals surface area contributed by atoms with E-state index in [4.69, 9.17) is 13.9 Å². The van der Waals surface area contributed by atoms with E-state index in [1.54, 1.807) is 0 Å². The van der Waals surface area contributed by atoms with Crippen LogP contribution < -0.4 is 0 Å². The second-order valence-electron chi connectivity index (χ2n) is 9.81. The number of aromatic nitrogens is 2. The molecule has 1 aromatic heterocycles. The summed E-state index contributed by atoms with van der Waals surface area (Å²) in [6, 6.07) is 0. The Morgan fingerprint density at radius 1 is 0.742 bits per heavy atom. The van der Waals surface area contributed by atoms with Crippen molar-refractivity contribution in [3.8, 4) is 0 Å². The molecule has 0 N–H and O–H groups in total. The summed E-state index contributed by atoms with van der Waals surface area (Å²) in [4.78, 5) is 0. The number of rotatable bonds is 9. The van der Waals surface area contributed by atoms with Crippen molar-refractivity contribution < 1.29 is 13.9 Å². The van der Waals surface area contributed by atoms with Gasteiger partial charge in [-0.05, 0) is 69.6 Å². The van der Waals surface area contributed by atoms with Crippen molar-refractivity contribution in [1.29, 1.82) is 0 Å². The molecule has 5 nitrogen and oxygen atoms in total. The van der Waals surface area contributed by atoms with Gasteiger partial charge in [-0.2, -0.15) is 0 Å². The number of nitrogens with zero attached hydrogens (tertiary/aromatic N) is 2. The van der Waals surface area contributed by atoms with Gasteiger partial charge in [-0.3, -0.25) is 0 Å². The summed E-state index contributed by atoms with van der Waals surface area (Å²) in [6.45, 7) is 1.41. The predicted molar refractivity (Wildman–Crippen MR) is 129 cm³/mol. The average Bonchev–Trinajstić information content (AvgIpc) is 3.33. The van der Waals surface area contributed by atoms with Gasteiger partial charge in [0.1, 0.15) is 0 Å². The standard InChI is InChI=1S/C24H38Br2N2O3/c25-15-17-6-7-20(16-26)22(14-17)30-13-12-29-21-10-8-19(9-11-21)24-28-27-23(31-24)18-4-2-1-3-5-18/h17-22H,1-16H2. The van der Waals surface area contributed by atoms with Gasteiger partial charge in [0.15, 0.2) is 0 Å². The molecule has 3 fully saturated rings. The van der Waals surface area contributed by atoms with E-state index in [-0.39, 0.29) is 0 Å². The summed E-state index contributed by atoms with van der Waals surface area (Å²) in [6.07, 6.45) is 15.1. The number of ether oxygens (including phenoxy) is 2. The molecule has 0 bridgehead atoms. The quantitative estimate of drug-likeness (QED) is 0.246. The van der Waals surface area contributed by atoms with Crippen molar-refractivity contribution >= 4 is 31.9 Å². The summed E-state index contributed by atoms with van der Waals surface area (Å²) in [7, 11) is 0. The highest BCUT2D eigenvalue weighted by atomic mass is 79.9. The Labute approximate surface area is 204 Å². The molecule has 0 amide bonds. The summed E-state index contributed by atoms with van der Waals surface area (Å²) in [5.41, 5.74) is 0. The summed E-state index contributed by atoms with van der Waals surface area (Å²) in [5.74, 6) is 4.04. The van der Waals surface area contributed by atoms with Gasteiger partial charge in [0.25, 0.3) is 0 Å². The maximum atomic E-state index is 6.25. The number of hydrogen-bond donors (Lipinski definition) is 0. The highest BCUT2D eigenvalue weighted by Crippen LogP contribution is 2.37. The molecule has 3 atom stereocenters. The topological polar surface area (TPSA) is 57.4 Å². The van der Waals surface area contributed by atoms with Crippen LogP contribution in [0.3, 0.4) is 0 Å². The van der Waals surface area contributed by atoms with E-state index >= 15 is 0 Å². The third-order valence-electron chi connectivity index (χ3n) is 7.66. The van der Waals surface area contributed by atoms with Crippen LogP contribution in [0.1, 0.15) is 101 Å². The van der Waals surface area contributed by atoms with Gasteiger partial charge in [-0.15, -0.1) is 10.2 Å². The van der Waals surface area contributed by atoms with Crippen LogP contribution in [0.15, 0.2) is 4.42 Å². The van der Waals surface area contributed by atoms with E-state index in [9.17, 15) is 0 Å². The molecule has 0 spiro atoms. The molecular formula is C24H38Br2N2O3. The molecule has 1 aromatic rings. The maximum Gasteiger partial charge on any atom is 0.219 e. The molecule has 7 heteroatoms. The van der Waals surface area contributed by atoms with Gasteiger partial charge in [-0.1, -0.05) is 51.1 Å². The Kier molecular flexibility index (Phi) is 9.72. The second-order valence-corrected chi connectivity index (χ2v) is 11.1. The van der Waals surface area contributed by atoms with Crippen LogP contribution in [-0.4, -0.2) is 46.3 Å². The molecule has 0 radical (unpaired) electrons. The molecule has 3 aliphatic carbocycles. The Bertz CT molecular complexity index is 645. The predicted octanol–water partition coefficient (Wildman–Crippen LogP) is 6.75. The summed E-state index contributed by atoms with van der Waals surface area (Å²) >= 11 is 7.32. The van der Waals surface area contributed by atoms with E-state index in [0.29, 0.717) is 43.2 Å². The van der Waals surface area contributed by atoms with Gasteiger partial charge in [-0.25, -0.2) is 0 Å². The van der Waals surface area contributed by atoms with Crippen molar-refractivity contribution in [2.45, 2.75) is 101 Å². The molecule has 176 valence electrons. The molecular weight excluding hydrogens is 524 g/mol. The molecule has 4 rings (SSSR count). The number of hydrogen-bond acceptors (Lipinski definition) is 5. The minimum atomic E-state index is 0.342. The van der Waals surface area contributed by atoms with E-state index in [1.807, 2.05) is 0 Å². The van der Waals surface area contributed by atoms with Crippen LogP contribution in [0.25, 0.3) is 0 Å². The maximum absolute atomic E-state index is 6.25. The van der Waals surface area contributed by atoms with Gasteiger partial charge < -0.3 is 13.9 Å². The molecule has 1 heterocycles. The smallest absolute Gasteiger partial charge is 0.219 e. The minimum absolute atomic E-state index is 0.342. The Morgan fingerprint density at radius 3 is 2.10 bits per heavy atom. The first-order valence-electron chi connectivity index (χ1n) is 12.4. The van der Waals surface area contributed by atoms with Crippen LogP contribution in [0, 0.1) is 11.8 Å². The van der Waals surface area contributed by atoms with Crippen molar-refractivity contribution in [3.63, 3.8) is 0 Å². The SMILES string of the molecule is BrCC1CCC(CBr)C(OCCOC2CCC(c3nnc(C4CCCCC4)o3)CC2)C1. The molecule has 3 aliphatic rings. The van der Waals surface area contributed by atoms with E-state index in [0.717, 1.165) is 54.0 Å². The lowest BCUT2D eigenvalue weighted by Gasteiger charge is -2.35. The fourth-order valence-corrected chi connectivity index (χ4v) is 6.94. The van der Waals surface area contributed by atoms with Gasteiger partial charge >= 0.3 is 0 Å². The minimum Gasteiger partial charge on any atom is -0.425 e. The first-order valence-corrected chi connectivity index (χ1v) is 14.7. The molecule has 3 saturated carbocycles. The molecule has 31 heavy (non-hydrogen) atoms. The third kappa shape index (κ3) is 6.77. The lowest BCUT2D eigenvalue weighted by molar-refractivity contribution is -0.0610. The Morgan fingerprint density at radius 2 is 1.42 bits per heavy atom. The second kappa shape index (κ2) is 12.5. The normalized spacial score (nSPS) is 32.9. The number of halogens is 2. The summed E-state index contributed by atoms with van der Waals surface area (Å²) in [5, 5.41) is 10.9.